The number of primary sulfonamides is 1. The first-order valence-electron chi connectivity index (χ1n) is 7.71. The van der Waals surface area contributed by atoms with E-state index in [0.29, 0.717) is 11.1 Å². The molecular weight excluding hydrogens is 391 g/mol. The summed E-state index contributed by atoms with van der Waals surface area (Å²) in [5, 5.41) is 21.2. The Hall–Kier alpha value is -2.75. The lowest BCUT2D eigenvalue weighted by molar-refractivity contribution is 0.0696. The lowest BCUT2D eigenvalue weighted by Gasteiger charge is -2.16. The molecule has 140 valence electrons. The van der Waals surface area contributed by atoms with E-state index in [2.05, 4.69) is 5.32 Å². The van der Waals surface area contributed by atoms with Crippen molar-refractivity contribution in [1.82, 2.24) is 0 Å². The summed E-state index contributed by atoms with van der Waals surface area (Å²) in [5.41, 5.74) is 1.54. The quantitative estimate of drug-likeness (QED) is 0.580. The number of hydrogen-bond donors (Lipinski definition) is 3. The first kappa shape index (κ1) is 19.0. The molecule has 0 fully saturated rings. The molecule has 0 radical (unpaired) electrons. The number of anilines is 1. The van der Waals surface area contributed by atoms with E-state index in [4.69, 9.17) is 5.14 Å². The maximum Gasteiger partial charge on any atom is 0.335 e. The van der Waals surface area contributed by atoms with E-state index in [0.717, 1.165) is 6.07 Å². The van der Waals surface area contributed by atoms with Crippen molar-refractivity contribution in [2.45, 2.75) is 11.4 Å². The van der Waals surface area contributed by atoms with Crippen LogP contribution in [-0.2, 0) is 16.6 Å². The van der Waals surface area contributed by atoms with Gasteiger partial charge < -0.3 is 10.4 Å². The Balaban J connectivity index is 2.15. The van der Waals surface area contributed by atoms with Gasteiger partial charge in [-0.3, -0.25) is 0 Å². The van der Waals surface area contributed by atoms with Crippen molar-refractivity contribution in [2.75, 3.05) is 5.32 Å². The van der Waals surface area contributed by atoms with E-state index < -0.39 is 21.8 Å². The Morgan fingerprint density at radius 1 is 1.22 bits per heavy atom. The summed E-state index contributed by atoms with van der Waals surface area (Å²) in [5.74, 6) is -1.69. The van der Waals surface area contributed by atoms with Crippen LogP contribution in [0.3, 0.4) is 0 Å². The van der Waals surface area contributed by atoms with Crippen LogP contribution in [-0.4, -0.2) is 19.5 Å². The van der Waals surface area contributed by atoms with Gasteiger partial charge in [0.1, 0.15) is 5.82 Å². The molecule has 0 aliphatic heterocycles. The minimum Gasteiger partial charge on any atom is -0.478 e. The third kappa shape index (κ3) is 4.33. The number of thiophene rings is 1. The largest absolute Gasteiger partial charge is 0.478 e. The zero-order valence-corrected chi connectivity index (χ0v) is 15.5. The molecule has 0 spiro atoms. The summed E-state index contributed by atoms with van der Waals surface area (Å²) < 4.78 is 37.6. The smallest absolute Gasteiger partial charge is 0.335 e. The third-order valence-electron chi connectivity index (χ3n) is 3.84. The number of rotatable bonds is 6. The molecule has 0 aliphatic carbocycles. The van der Waals surface area contributed by atoms with Gasteiger partial charge in [-0.15, -0.1) is 0 Å². The zero-order chi connectivity index (χ0) is 19.6. The van der Waals surface area contributed by atoms with E-state index in [1.807, 2.05) is 0 Å². The highest BCUT2D eigenvalue weighted by Gasteiger charge is 2.22. The molecule has 0 atom stereocenters. The van der Waals surface area contributed by atoms with Crippen molar-refractivity contribution in [3.63, 3.8) is 0 Å². The number of nitrogens with one attached hydrogen (secondary N) is 1. The van der Waals surface area contributed by atoms with Crippen molar-refractivity contribution < 1.29 is 22.7 Å². The molecule has 0 amide bonds. The third-order valence-corrected chi connectivity index (χ3v) is 5.46. The van der Waals surface area contributed by atoms with Crippen molar-refractivity contribution in [1.29, 1.82) is 0 Å². The van der Waals surface area contributed by atoms with Crippen LogP contribution in [0.25, 0.3) is 11.1 Å². The number of benzene rings is 2. The molecule has 0 unspecified atom stereocenters. The normalized spacial score (nSPS) is 11.3. The lowest BCUT2D eigenvalue weighted by atomic mass is 10.0. The first-order valence-corrected chi connectivity index (χ1v) is 10.2. The Labute approximate surface area is 159 Å². The van der Waals surface area contributed by atoms with Gasteiger partial charge in [0.25, 0.3) is 0 Å². The summed E-state index contributed by atoms with van der Waals surface area (Å²) in [6.45, 7) is 0.169. The van der Waals surface area contributed by atoms with Gasteiger partial charge in [-0.25, -0.2) is 22.7 Å². The molecule has 0 bridgehead atoms. The van der Waals surface area contributed by atoms with Gasteiger partial charge in [0.15, 0.2) is 0 Å². The summed E-state index contributed by atoms with van der Waals surface area (Å²) >= 11 is 1.36. The highest BCUT2D eigenvalue weighted by molar-refractivity contribution is 7.89. The number of sulfonamides is 1. The fourth-order valence-electron chi connectivity index (χ4n) is 2.65. The van der Waals surface area contributed by atoms with E-state index >= 15 is 0 Å². The number of carbonyl (C=O) groups is 1. The average molecular weight is 406 g/mol. The Bertz CT molecular complexity index is 1100. The molecule has 9 heteroatoms. The van der Waals surface area contributed by atoms with Crippen LogP contribution in [0.5, 0.6) is 0 Å². The van der Waals surface area contributed by atoms with Gasteiger partial charge in [-0.05, 0) is 52.2 Å². The number of carboxylic acid groups (broad SMARTS) is 1. The molecule has 1 aromatic heterocycles. The van der Waals surface area contributed by atoms with Crippen LogP contribution in [0.2, 0.25) is 0 Å². The molecule has 4 N–H and O–H groups in total. The van der Waals surface area contributed by atoms with Crippen LogP contribution < -0.4 is 10.5 Å². The predicted octanol–water partition coefficient (Wildman–Crippen LogP) is 3.51. The van der Waals surface area contributed by atoms with Gasteiger partial charge in [-0.2, -0.15) is 11.3 Å². The second-order valence-corrected chi connectivity index (χ2v) is 8.05. The maximum atomic E-state index is 13.4. The van der Waals surface area contributed by atoms with Crippen LogP contribution in [0.4, 0.5) is 10.1 Å². The Morgan fingerprint density at radius 3 is 2.59 bits per heavy atom. The van der Waals surface area contributed by atoms with Crippen LogP contribution in [0.1, 0.15) is 15.9 Å². The van der Waals surface area contributed by atoms with E-state index in [1.165, 1.54) is 29.5 Å². The number of hydrogen-bond acceptors (Lipinski definition) is 5. The fourth-order valence-corrected chi connectivity index (χ4v) is 4.10. The number of aromatic carboxylic acids is 1. The van der Waals surface area contributed by atoms with Crippen LogP contribution in [0.15, 0.2) is 58.1 Å². The molecule has 2 aromatic carbocycles. The van der Waals surface area contributed by atoms with Crippen molar-refractivity contribution in [2.24, 2.45) is 5.14 Å². The van der Waals surface area contributed by atoms with E-state index in [-0.39, 0.29) is 28.3 Å². The molecule has 0 aliphatic rings. The summed E-state index contributed by atoms with van der Waals surface area (Å²) in [6.07, 6.45) is 0. The molecule has 6 nitrogen and oxygen atoms in total. The second kappa shape index (κ2) is 7.47. The Morgan fingerprint density at radius 2 is 2.00 bits per heavy atom. The lowest BCUT2D eigenvalue weighted by Crippen LogP contribution is -2.16. The molecule has 3 aromatic rings. The second-order valence-electron chi connectivity index (χ2n) is 5.74. The first-order chi connectivity index (χ1) is 12.8. The van der Waals surface area contributed by atoms with Crippen LogP contribution >= 0.6 is 11.3 Å². The number of nitrogens with two attached hydrogens (primary N) is 1. The highest BCUT2D eigenvalue weighted by atomic mass is 32.2. The molecule has 3 rings (SSSR count). The van der Waals surface area contributed by atoms with E-state index in [1.54, 1.807) is 29.0 Å². The van der Waals surface area contributed by atoms with Crippen LogP contribution in [0, 0.1) is 5.82 Å². The monoisotopic (exact) mass is 406 g/mol. The van der Waals surface area contributed by atoms with Crippen molar-refractivity contribution >= 4 is 33.0 Å². The van der Waals surface area contributed by atoms with Crippen molar-refractivity contribution in [3.8, 4) is 11.1 Å². The SMILES string of the molecule is NS(=O)(=O)c1cc(C(=O)O)cc(NCc2cccc(F)c2)c1-c1ccsc1. The summed E-state index contributed by atoms with van der Waals surface area (Å²) in [6, 6.07) is 9.98. The molecule has 0 saturated carbocycles. The molecular formula is C18H15FN2O4S2. The minimum absolute atomic E-state index is 0.169. The van der Waals surface area contributed by atoms with Gasteiger partial charge >= 0.3 is 5.97 Å². The minimum atomic E-state index is -4.19. The topological polar surface area (TPSA) is 109 Å². The number of carboxylic acids is 1. The summed E-state index contributed by atoms with van der Waals surface area (Å²) in [4.78, 5) is 11.1. The van der Waals surface area contributed by atoms with Crippen molar-refractivity contribution in [3.05, 3.63) is 70.2 Å². The number of halogens is 1. The van der Waals surface area contributed by atoms with Gasteiger partial charge in [0.05, 0.1) is 10.5 Å². The van der Waals surface area contributed by atoms with Gasteiger partial charge in [-0.1, -0.05) is 12.1 Å². The standard InChI is InChI=1S/C18H15FN2O4S2/c19-14-3-1-2-11(6-14)9-21-15-7-13(18(22)23)8-16(27(20,24)25)17(15)12-4-5-26-10-12/h1-8,10,21H,9H2,(H,22,23)(H2,20,24,25). The maximum absolute atomic E-state index is 13.4. The average Bonchev–Trinajstić information content (AvgIpc) is 3.12. The Kier molecular flexibility index (Phi) is 5.26. The van der Waals surface area contributed by atoms with Gasteiger partial charge in [0.2, 0.25) is 10.0 Å². The fraction of sp³-hybridized carbons (Fsp3) is 0.0556. The predicted molar refractivity (Wildman–Crippen MR) is 102 cm³/mol. The van der Waals surface area contributed by atoms with E-state index in [9.17, 15) is 22.7 Å². The zero-order valence-electron chi connectivity index (χ0n) is 13.8. The molecule has 27 heavy (non-hydrogen) atoms. The molecule has 0 saturated heterocycles. The van der Waals surface area contributed by atoms with Gasteiger partial charge in [0, 0.05) is 17.8 Å². The molecule has 1 heterocycles. The highest BCUT2D eigenvalue weighted by Crippen LogP contribution is 2.37. The summed E-state index contributed by atoms with van der Waals surface area (Å²) in [7, 11) is -4.19.